The number of benzene rings is 1. The van der Waals surface area contributed by atoms with Crippen LogP contribution in [0.4, 0.5) is 5.69 Å². The number of halogens is 1. The van der Waals surface area contributed by atoms with Gasteiger partial charge in [0.25, 0.3) is 0 Å². The molecule has 0 aliphatic rings. The molecule has 0 amide bonds. The first-order valence-corrected chi connectivity index (χ1v) is 7.34. The molecule has 0 atom stereocenters. The second-order valence-corrected chi connectivity index (χ2v) is 4.56. The van der Waals surface area contributed by atoms with E-state index in [2.05, 4.69) is 15.9 Å². The number of hydrogen-bond acceptors (Lipinski definition) is 5. The molecule has 0 heterocycles. The Morgan fingerprint density at radius 2 is 2.05 bits per heavy atom. The zero-order chi connectivity index (χ0) is 14.8. The maximum atomic E-state index is 10.9. The molecule has 0 fully saturated rings. The molecule has 1 aromatic rings. The molecule has 0 unspecified atom stereocenters. The highest BCUT2D eigenvalue weighted by Gasteiger charge is 2.15. The summed E-state index contributed by atoms with van der Waals surface area (Å²) < 4.78 is 15.7. The van der Waals surface area contributed by atoms with E-state index in [-0.39, 0.29) is 18.0 Å². The summed E-state index contributed by atoms with van der Waals surface area (Å²) in [5.41, 5.74) is 0.890. The predicted octanol–water partition coefficient (Wildman–Crippen LogP) is 2.92. The molecular formula is C13H18BrNO5. The molecule has 0 N–H and O–H groups in total. The molecule has 0 spiro atoms. The van der Waals surface area contributed by atoms with E-state index in [0.717, 1.165) is 12.0 Å². The van der Waals surface area contributed by atoms with Gasteiger partial charge in [-0.1, -0.05) is 22.0 Å². The first-order chi connectivity index (χ1) is 9.69. The fourth-order valence-corrected chi connectivity index (χ4v) is 1.87. The quantitative estimate of drug-likeness (QED) is 0.281. The van der Waals surface area contributed by atoms with Crippen LogP contribution >= 0.6 is 15.9 Å². The SMILES string of the molecule is COCCCOCCOc1cc(CBr)ccc1[N+](=O)[O-]. The van der Waals surface area contributed by atoms with Gasteiger partial charge in [0.05, 0.1) is 11.5 Å². The smallest absolute Gasteiger partial charge is 0.310 e. The molecule has 0 aromatic heterocycles. The van der Waals surface area contributed by atoms with E-state index in [9.17, 15) is 10.1 Å². The monoisotopic (exact) mass is 347 g/mol. The topological polar surface area (TPSA) is 70.8 Å². The van der Waals surface area contributed by atoms with Crippen molar-refractivity contribution >= 4 is 21.6 Å². The minimum absolute atomic E-state index is 0.0333. The van der Waals surface area contributed by atoms with E-state index in [1.165, 1.54) is 6.07 Å². The maximum Gasteiger partial charge on any atom is 0.310 e. The third-order valence-corrected chi connectivity index (χ3v) is 3.15. The van der Waals surface area contributed by atoms with Gasteiger partial charge in [0.2, 0.25) is 0 Å². The highest BCUT2D eigenvalue weighted by molar-refractivity contribution is 9.08. The third-order valence-electron chi connectivity index (χ3n) is 2.50. The molecule has 1 rings (SSSR count). The van der Waals surface area contributed by atoms with Crippen molar-refractivity contribution in [1.82, 2.24) is 0 Å². The zero-order valence-electron chi connectivity index (χ0n) is 11.3. The zero-order valence-corrected chi connectivity index (χ0v) is 12.9. The standard InChI is InChI=1S/C13H18BrNO5/c1-18-5-2-6-19-7-8-20-13-9-11(10-14)3-4-12(13)15(16)17/h3-4,9H,2,5-8,10H2,1H3. The summed E-state index contributed by atoms with van der Waals surface area (Å²) in [6.45, 7) is 1.90. The van der Waals surface area contributed by atoms with E-state index >= 15 is 0 Å². The summed E-state index contributed by atoms with van der Waals surface area (Å²) >= 11 is 3.31. The van der Waals surface area contributed by atoms with Crippen molar-refractivity contribution in [2.24, 2.45) is 0 Å². The molecule has 0 aliphatic heterocycles. The molecule has 0 radical (unpaired) electrons. The van der Waals surface area contributed by atoms with Crippen LogP contribution < -0.4 is 4.74 Å². The van der Waals surface area contributed by atoms with Crippen LogP contribution in [0.1, 0.15) is 12.0 Å². The van der Waals surface area contributed by atoms with E-state index in [1.54, 1.807) is 19.2 Å². The molecule has 0 bridgehead atoms. The van der Waals surface area contributed by atoms with Gasteiger partial charge in [-0.3, -0.25) is 10.1 Å². The molecule has 6 nitrogen and oxygen atoms in total. The third kappa shape index (κ3) is 5.85. The molecular weight excluding hydrogens is 330 g/mol. The van der Waals surface area contributed by atoms with Gasteiger partial charge in [0, 0.05) is 31.7 Å². The van der Waals surface area contributed by atoms with Crippen LogP contribution in [0, 0.1) is 10.1 Å². The van der Waals surface area contributed by atoms with Crippen LogP contribution in [0.2, 0.25) is 0 Å². The number of alkyl halides is 1. The van der Waals surface area contributed by atoms with Gasteiger partial charge in [-0.15, -0.1) is 0 Å². The van der Waals surface area contributed by atoms with Crippen LogP contribution in [0.25, 0.3) is 0 Å². The first-order valence-electron chi connectivity index (χ1n) is 6.21. The minimum Gasteiger partial charge on any atom is -0.484 e. The summed E-state index contributed by atoms with van der Waals surface area (Å²) in [7, 11) is 1.64. The Balaban J connectivity index is 2.43. The maximum absolute atomic E-state index is 10.9. The number of ether oxygens (including phenoxy) is 3. The van der Waals surface area contributed by atoms with Crippen LogP contribution in [-0.4, -0.2) is 38.5 Å². The molecule has 112 valence electrons. The Morgan fingerprint density at radius 1 is 1.25 bits per heavy atom. The summed E-state index contributed by atoms with van der Waals surface area (Å²) in [6.07, 6.45) is 0.815. The molecule has 1 aromatic carbocycles. The van der Waals surface area contributed by atoms with Crippen molar-refractivity contribution in [3.8, 4) is 5.75 Å². The van der Waals surface area contributed by atoms with Crippen molar-refractivity contribution in [2.75, 3.05) is 33.5 Å². The number of methoxy groups -OCH3 is 1. The number of nitro benzene ring substituents is 1. The Morgan fingerprint density at radius 3 is 2.70 bits per heavy atom. The Labute approximate surface area is 126 Å². The Kier molecular flexibility index (Phi) is 8.17. The van der Waals surface area contributed by atoms with Crippen LogP contribution in [0.15, 0.2) is 18.2 Å². The van der Waals surface area contributed by atoms with Gasteiger partial charge in [-0.2, -0.15) is 0 Å². The van der Waals surface area contributed by atoms with E-state index in [0.29, 0.717) is 25.2 Å². The highest BCUT2D eigenvalue weighted by Crippen LogP contribution is 2.28. The molecule has 0 aliphatic carbocycles. The van der Waals surface area contributed by atoms with Gasteiger partial charge < -0.3 is 14.2 Å². The second-order valence-electron chi connectivity index (χ2n) is 4.00. The number of nitrogens with zero attached hydrogens (tertiary/aromatic N) is 1. The van der Waals surface area contributed by atoms with E-state index < -0.39 is 4.92 Å². The summed E-state index contributed by atoms with van der Waals surface area (Å²) in [6, 6.07) is 4.81. The van der Waals surface area contributed by atoms with Gasteiger partial charge in [-0.25, -0.2) is 0 Å². The second kappa shape index (κ2) is 9.68. The lowest BCUT2D eigenvalue weighted by molar-refractivity contribution is -0.385. The number of hydrogen-bond donors (Lipinski definition) is 0. The van der Waals surface area contributed by atoms with Gasteiger partial charge in [0.1, 0.15) is 6.61 Å². The van der Waals surface area contributed by atoms with Crippen molar-refractivity contribution in [1.29, 1.82) is 0 Å². The average Bonchev–Trinajstić information content (AvgIpc) is 2.45. The lowest BCUT2D eigenvalue weighted by Gasteiger charge is -2.08. The van der Waals surface area contributed by atoms with Crippen molar-refractivity contribution in [3.63, 3.8) is 0 Å². The summed E-state index contributed by atoms with van der Waals surface area (Å²) in [4.78, 5) is 10.4. The predicted molar refractivity (Wildman–Crippen MR) is 78.5 cm³/mol. The van der Waals surface area contributed by atoms with Gasteiger partial charge in [0.15, 0.2) is 5.75 Å². The highest BCUT2D eigenvalue weighted by atomic mass is 79.9. The average molecular weight is 348 g/mol. The fourth-order valence-electron chi connectivity index (χ4n) is 1.53. The van der Waals surface area contributed by atoms with Crippen molar-refractivity contribution in [3.05, 3.63) is 33.9 Å². The van der Waals surface area contributed by atoms with Gasteiger partial charge >= 0.3 is 5.69 Å². The molecule has 20 heavy (non-hydrogen) atoms. The Bertz CT molecular complexity index is 427. The number of nitro groups is 1. The largest absolute Gasteiger partial charge is 0.484 e. The van der Waals surface area contributed by atoms with E-state index in [1.807, 2.05) is 0 Å². The first kappa shape index (κ1) is 16.9. The lowest BCUT2D eigenvalue weighted by atomic mass is 10.2. The van der Waals surface area contributed by atoms with Crippen molar-refractivity contribution in [2.45, 2.75) is 11.8 Å². The minimum atomic E-state index is -0.452. The molecule has 7 heteroatoms. The summed E-state index contributed by atoms with van der Waals surface area (Å²) in [5, 5.41) is 11.5. The molecule has 0 saturated carbocycles. The normalized spacial score (nSPS) is 10.5. The van der Waals surface area contributed by atoms with Crippen molar-refractivity contribution < 1.29 is 19.1 Å². The molecule has 0 saturated heterocycles. The lowest BCUT2D eigenvalue weighted by Crippen LogP contribution is -2.09. The fraction of sp³-hybridized carbons (Fsp3) is 0.538. The number of rotatable bonds is 10. The van der Waals surface area contributed by atoms with Crippen LogP contribution in [-0.2, 0) is 14.8 Å². The van der Waals surface area contributed by atoms with Gasteiger partial charge in [-0.05, 0) is 18.1 Å². The van der Waals surface area contributed by atoms with E-state index in [4.69, 9.17) is 14.2 Å². The summed E-state index contributed by atoms with van der Waals surface area (Å²) in [5.74, 6) is 0.271. The van der Waals surface area contributed by atoms with Crippen LogP contribution in [0.3, 0.4) is 0 Å². The van der Waals surface area contributed by atoms with Crippen LogP contribution in [0.5, 0.6) is 5.75 Å². The Hall–Kier alpha value is -1.18.